The molecule has 0 spiro atoms. The van der Waals surface area contributed by atoms with E-state index in [-0.39, 0.29) is 17.4 Å². The summed E-state index contributed by atoms with van der Waals surface area (Å²) in [4.78, 5) is 14.8. The van der Waals surface area contributed by atoms with Crippen molar-refractivity contribution in [1.29, 1.82) is 0 Å². The van der Waals surface area contributed by atoms with E-state index >= 15 is 0 Å². The Kier molecular flexibility index (Phi) is 5.21. The van der Waals surface area contributed by atoms with Crippen molar-refractivity contribution >= 4 is 17.3 Å². The van der Waals surface area contributed by atoms with Crippen LogP contribution in [-0.4, -0.2) is 25.0 Å². The van der Waals surface area contributed by atoms with E-state index in [1.807, 2.05) is 6.07 Å². The van der Waals surface area contributed by atoms with Gasteiger partial charge in [-0.05, 0) is 54.2 Å². The fourth-order valence-corrected chi connectivity index (χ4v) is 3.40. The van der Waals surface area contributed by atoms with E-state index in [1.165, 1.54) is 11.3 Å². The lowest BCUT2D eigenvalue weighted by Gasteiger charge is -2.34. The minimum Gasteiger partial charge on any atom is -0.399 e. The minimum atomic E-state index is -0.0368. The second-order valence-corrected chi connectivity index (χ2v) is 8.16. The van der Waals surface area contributed by atoms with Crippen LogP contribution in [0.5, 0.6) is 0 Å². The highest BCUT2D eigenvalue weighted by Gasteiger charge is 2.22. The highest BCUT2D eigenvalue weighted by molar-refractivity contribution is 5.95. The molecular formula is C22H29N3O. The predicted molar refractivity (Wildman–Crippen MR) is 109 cm³/mol. The third-order valence-electron chi connectivity index (χ3n) is 5.08. The number of piperidine rings is 1. The van der Waals surface area contributed by atoms with E-state index in [0.29, 0.717) is 11.3 Å². The number of nitrogens with one attached hydrogen (secondary N) is 1. The summed E-state index contributed by atoms with van der Waals surface area (Å²) >= 11 is 0. The van der Waals surface area contributed by atoms with Crippen molar-refractivity contribution in [3.8, 4) is 0 Å². The molecule has 1 amide bonds. The zero-order valence-corrected chi connectivity index (χ0v) is 16.0. The number of rotatable bonds is 3. The maximum atomic E-state index is 12.4. The lowest BCUT2D eigenvalue weighted by molar-refractivity contribution is 0.0931. The Hall–Kier alpha value is -2.49. The molecule has 4 nitrogen and oxygen atoms in total. The number of carbonyl (C=O) groups excluding carboxylic acids is 1. The molecule has 0 saturated carbocycles. The first-order valence-corrected chi connectivity index (χ1v) is 9.35. The summed E-state index contributed by atoms with van der Waals surface area (Å²) in [7, 11) is 0. The molecule has 1 saturated heterocycles. The van der Waals surface area contributed by atoms with Gasteiger partial charge in [0.05, 0.1) is 0 Å². The lowest BCUT2D eigenvalue weighted by atomic mass is 9.87. The van der Waals surface area contributed by atoms with Crippen molar-refractivity contribution in [2.45, 2.75) is 45.1 Å². The normalized spacial score (nSPS) is 15.7. The highest BCUT2D eigenvalue weighted by atomic mass is 16.1. The van der Waals surface area contributed by atoms with E-state index in [9.17, 15) is 4.79 Å². The fraction of sp³-hybridized carbons (Fsp3) is 0.409. The van der Waals surface area contributed by atoms with Crippen LogP contribution in [0.1, 0.15) is 49.5 Å². The average Bonchev–Trinajstić information content (AvgIpc) is 2.62. The molecule has 1 fully saturated rings. The number of anilines is 2. The molecule has 2 aromatic carbocycles. The first kappa shape index (κ1) is 18.3. The van der Waals surface area contributed by atoms with Gasteiger partial charge in [0.15, 0.2) is 0 Å². The Labute approximate surface area is 156 Å². The summed E-state index contributed by atoms with van der Waals surface area (Å²) in [5, 5.41) is 3.14. The van der Waals surface area contributed by atoms with Gasteiger partial charge in [0.2, 0.25) is 0 Å². The Morgan fingerprint density at radius 1 is 1.08 bits per heavy atom. The van der Waals surface area contributed by atoms with E-state index < -0.39 is 0 Å². The second kappa shape index (κ2) is 7.40. The molecule has 1 aliphatic heterocycles. The number of hydrogen-bond donors (Lipinski definition) is 2. The van der Waals surface area contributed by atoms with Crippen LogP contribution in [0.3, 0.4) is 0 Å². The standard InChI is InChI=1S/C22H29N3O/c1-22(2,3)17-7-9-20(10-8-17)25-13-11-19(12-14-25)24-21(26)16-5-4-6-18(23)15-16/h4-10,15,19H,11-14,23H2,1-3H3,(H,24,26). The third kappa shape index (κ3) is 4.37. The van der Waals surface area contributed by atoms with Crippen LogP contribution >= 0.6 is 0 Å². The largest absolute Gasteiger partial charge is 0.399 e. The predicted octanol–water partition coefficient (Wildman–Crippen LogP) is 3.97. The maximum Gasteiger partial charge on any atom is 0.251 e. The molecule has 3 N–H and O–H groups in total. The second-order valence-electron chi connectivity index (χ2n) is 8.16. The molecule has 4 heteroatoms. The van der Waals surface area contributed by atoms with E-state index in [0.717, 1.165) is 25.9 Å². The van der Waals surface area contributed by atoms with Gasteiger partial charge < -0.3 is 16.0 Å². The average molecular weight is 351 g/mol. The number of nitrogens with zero attached hydrogens (tertiary/aromatic N) is 1. The number of hydrogen-bond acceptors (Lipinski definition) is 3. The van der Waals surface area contributed by atoms with Gasteiger partial charge in [0, 0.05) is 36.1 Å². The highest BCUT2D eigenvalue weighted by Crippen LogP contribution is 2.26. The van der Waals surface area contributed by atoms with Crippen molar-refractivity contribution in [2.75, 3.05) is 23.7 Å². The zero-order chi connectivity index (χ0) is 18.7. The van der Waals surface area contributed by atoms with Gasteiger partial charge in [-0.2, -0.15) is 0 Å². The molecule has 0 radical (unpaired) electrons. The molecule has 0 aliphatic carbocycles. The van der Waals surface area contributed by atoms with Gasteiger partial charge in [0.25, 0.3) is 5.91 Å². The number of nitrogen functional groups attached to an aromatic ring is 1. The molecule has 138 valence electrons. The van der Waals surface area contributed by atoms with Crippen LogP contribution in [-0.2, 0) is 5.41 Å². The molecule has 1 aliphatic rings. The number of nitrogens with two attached hydrogens (primary N) is 1. The van der Waals surface area contributed by atoms with Crippen LogP contribution in [0, 0.1) is 0 Å². The summed E-state index contributed by atoms with van der Waals surface area (Å²) in [5.41, 5.74) is 9.80. The topological polar surface area (TPSA) is 58.4 Å². The number of amides is 1. The van der Waals surface area contributed by atoms with Crippen molar-refractivity contribution in [1.82, 2.24) is 5.32 Å². The summed E-state index contributed by atoms with van der Waals surface area (Å²) in [6, 6.07) is 16.2. The zero-order valence-electron chi connectivity index (χ0n) is 16.0. The Morgan fingerprint density at radius 3 is 2.31 bits per heavy atom. The summed E-state index contributed by atoms with van der Waals surface area (Å²) in [5.74, 6) is -0.0368. The Balaban J connectivity index is 1.55. The van der Waals surface area contributed by atoms with Crippen LogP contribution in [0.15, 0.2) is 48.5 Å². The molecule has 0 atom stereocenters. The van der Waals surface area contributed by atoms with Crippen LogP contribution in [0.2, 0.25) is 0 Å². The van der Waals surface area contributed by atoms with Crippen LogP contribution in [0.25, 0.3) is 0 Å². The smallest absolute Gasteiger partial charge is 0.251 e. The quantitative estimate of drug-likeness (QED) is 0.823. The van der Waals surface area contributed by atoms with E-state index in [1.54, 1.807) is 18.2 Å². The molecule has 2 aromatic rings. The molecule has 1 heterocycles. The summed E-state index contributed by atoms with van der Waals surface area (Å²) in [6.07, 6.45) is 1.91. The molecule has 0 unspecified atom stereocenters. The minimum absolute atomic E-state index is 0.0368. The first-order valence-electron chi connectivity index (χ1n) is 9.35. The van der Waals surface area contributed by atoms with Crippen molar-refractivity contribution in [3.63, 3.8) is 0 Å². The molecule has 3 rings (SSSR count). The monoisotopic (exact) mass is 351 g/mol. The molecule has 0 bridgehead atoms. The van der Waals surface area contributed by atoms with E-state index in [4.69, 9.17) is 5.73 Å². The SMILES string of the molecule is CC(C)(C)c1ccc(N2CCC(NC(=O)c3cccc(N)c3)CC2)cc1. The first-order chi connectivity index (χ1) is 12.3. The van der Waals surface area contributed by atoms with Gasteiger partial charge >= 0.3 is 0 Å². The third-order valence-corrected chi connectivity index (χ3v) is 5.08. The number of benzene rings is 2. The van der Waals surface area contributed by atoms with Gasteiger partial charge in [-0.1, -0.05) is 39.0 Å². The van der Waals surface area contributed by atoms with Crippen LogP contribution < -0.4 is 16.0 Å². The van der Waals surface area contributed by atoms with E-state index in [2.05, 4.69) is 55.3 Å². The maximum absolute atomic E-state index is 12.4. The lowest BCUT2D eigenvalue weighted by Crippen LogP contribution is -2.44. The molecule has 0 aromatic heterocycles. The Morgan fingerprint density at radius 2 is 1.73 bits per heavy atom. The summed E-state index contributed by atoms with van der Waals surface area (Å²) in [6.45, 7) is 8.61. The molecule has 26 heavy (non-hydrogen) atoms. The molecular weight excluding hydrogens is 322 g/mol. The van der Waals surface area contributed by atoms with Gasteiger partial charge in [0.1, 0.15) is 0 Å². The number of carbonyl (C=O) groups is 1. The van der Waals surface area contributed by atoms with Crippen molar-refractivity contribution < 1.29 is 4.79 Å². The van der Waals surface area contributed by atoms with Gasteiger partial charge in [-0.15, -0.1) is 0 Å². The van der Waals surface area contributed by atoms with Crippen LogP contribution in [0.4, 0.5) is 11.4 Å². The Bertz CT molecular complexity index is 754. The fourth-order valence-electron chi connectivity index (χ4n) is 3.40. The summed E-state index contributed by atoms with van der Waals surface area (Å²) < 4.78 is 0. The van der Waals surface area contributed by atoms with Crippen molar-refractivity contribution in [3.05, 3.63) is 59.7 Å². The van der Waals surface area contributed by atoms with Gasteiger partial charge in [-0.25, -0.2) is 0 Å². The van der Waals surface area contributed by atoms with Crippen molar-refractivity contribution in [2.24, 2.45) is 0 Å². The van der Waals surface area contributed by atoms with Gasteiger partial charge in [-0.3, -0.25) is 4.79 Å².